The fraction of sp³-hybridized carbons (Fsp3) is 0.316. The number of pyridine rings is 1. The molecule has 1 aliphatic carbocycles. The predicted octanol–water partition coefficient (Wildman–Crippen LogP) is 2.75. The zero-order chi connectivity index (χ0) is 17.6. The number of rotatable bonds is 4. The van der Waals surface area contributed by atoms with E-state index in [-0.39, 0.29) is 29.2 Å². The fourth-order valence-electron chi connectivity index (χ4n) is 3.74. The quantitative estimate of drug-likeness (QED) is 0.915. The maximum atomic E-state index is 12.8. The number of amides is 1. The molecular formula is C19H17ClN2O3. The summed E-state index contributed by atoms with van der Waals surface area (Å²) in [6, 6.07) is 8.89. The van der Waals surface area contributed by atoms with Crippen molar-refractivity contribution in [2.45, 2.75) is 25.3 Å². The molecule has 1 aliphatic heterocycles. The zero-order valence-electron chi connectivity index (χ0n) is 13.5. The third kappa shape index (κ3) is 2.78. The number of hydrogen-bond donors (Lipinski definition) is 1. The molecule has 0 saturated heterocycles. The van der Waals surface area contributed by atoms with Gasteiger partial charge < -0.3 is 9.88 Å². The van der Waals surface area contributed by atoms with Crippen LogP contribution in [0.15, 0.2) is 41.3 Å². The minimum atomic E-state index is -0.236. The lowest BCUT2D eigenvalue weighted by molar-refractivity contribution is -0.127. The van der Waals surface area contributed by atoms with Crippen LogP contribution in [-0.2, 0) is 11.2 Å². The number of carbonyl (C=O) groups excluding carboxylic acids is 2. The summed E-state index contributed by atoms with van der Waals surface area (Å²) >= 11 is 6.21. The molecule has 0 spiro atoms. The Morgan fingerprint density at radius 3 is 2.60 bits per heavy atom. The first-order valence-corrected chi connectivity index (χ1v) is 8.70. The Labute approximate surface area is 149 Å². The molecule has 5 nitrogen and oxygen atoms in total. The molecule has 1 N–H and O–H groups in total. The normalized spacial score (nSPS) is 19.9. The standard InChI is InChI=1S/C19H17ClN2O3/c20-16-5-6-21-18(24)15(16)9-17-13-3-1-2-4-14(13)19(25)22(17)10-11-7-12(23)8-11/h1-6,11,17H,7-10H2,(H,21,24). The van der Waals surface area contributed by atoms with Gasteiger partial charge in [-0.1, -0.05) is 29.8 Å². The molecule has 25 heavy (non-hydrogen) atoms. The molecule has 1 unspecified atom stereocenters. The number of nitrogens with one attached hydrogen (secondary N) is 1. The minimum Gasteiger partial charge on any atom is -0.331 e. The number of halogens is 1. The molecule has 0 bridgehead atoms. The maximum Gasteiger partial charge on any atom is 0.254 e. The van der Waals surface area contributed by atoms with E-state index >= 15 is 0 Å². The van der Waals surface area contributed by atoms with E-state index in [2.05, 4.69) is 4.98 Å². The highest BCUT2D eigenvalue weighted by Gasteiger charge is 2.40. The Bertz CT molecular complexity index is 913. The van der Waals surface area contributed by atoms with Gasteiger partial charge in [0, 0.05) is 43.1 Å². The van der Waals surface area contributed by atoms with E-state index in [0.29, 0.717) is 42.0 Å². The van der Waals surface area contributed by atoms with Gasteiger partial charge in [-0.25, -0.2) is 0 Å². The fourth-order valence-corrected chi connectivity index (χ4v) is 3.96. The van der Waals surface area contributed by atoms with Gasteiger partial charge in [0.2, 0.25) is 0 Å². The minimum absolute atomic E-state index is 0.0385. The van der Waals surface area contributed by atoms with E-state index in [1.165, 1.54) is 6.20 Å². The molecule has 0 radical (unpaired) electrons. The zero-order valence-corrected chi connectivity index (χ0v) is 14.3. The van der Waals surface area contributed by atoms with Crippen LogP contribution in [0.25, 0.3) is 0 Å². The van der Waals surface area contributed by atoms with Gasteiger partial charge in [0.05, 0.1) is 11.1 Å². The van der Waals surface area contributed by atoms with Gasteiger partial charge in [-0.15, -0.1) is 0 Å². The van der Waals surface area contributed by atoms with Gasteiger partial charge in [-0.3, -0.25) is 14.4 Å². The Morgan fingerprint density at radius 2 is 1.88 bits per heavy atom. The highest BCUT2D eigenvalue weighted by molar-refractivity contribution is 6.31. The molecule has 128 valence electrons. The lowest BCUT2D eigenvalue weighted by Gasteiger charge is -2.33. The number of benzene rings is 1. The third-order valence-corrected chi connectivity index (χ3v) is 5.43. The largest absolute Gasteiger partial charge is 0.331 e. The predicted molar refractivity (Wildman–Crippen MR) is 93.7 cm³/mol. The second kappa shape index (κ2) is 6.15. The molecule has 1 aromatic heterocycles. The summed E-state index contributed by atoms with van der Waals surface area (Å²) in [5, 5.41) is 0.402. The molecule has 4 rings (SSSR count). The molecule has 1 atom stereocenters. The van der Waals surface area contributed by atoms with E-state index in [4.69, 9.17) is 11.6 Å². The molecule has 1 aromatic carbocycles. The molecule has 1 amide bonds. The Kier molecular flexibility index (Phi) is 3.96. The van der Waals surface area contributed by atoms with Crippen molar-refractivity contribution in [3.8, 4) is 0 Å². The number of fused-ring (bicyclic) bond motifs is 1. The Morgan fingerprint density at radius 1 is 1.12 bits per heavy atom. The van der Waals surface area contributed by atoms with Crippen LogP contribution in [-0.4, -0.2) is 28.1 Å². The first-order valence-electron chi connectivity index (χ1n) is 8.32. The highest BCUT2D eigenvalue weighted by Crippen LogP contribution is 2.38. The van der Waals surface area contributed by atoms with Gasteiger partial charge in [0.1, 0.15) is 5.78 Å². The Hall–Kier alpha value is -2.40. The number of ketones is 1. The van der Waals surface area contributed by atoms with Crippen LogP contribution in [0.4, 0.5) is 0 Å². The number of Topliss-reactive ketones (excluding diaryl/α,β-unsaturated/α-hetero) is 1. The number of H-pyrrole nitrogens is 1. The number of nitrogens with zero attached hydrogens (tertiary/aromatic N) is 1. The van der Waals surface area contributed by atoms with Crippen molar-refractivity contribution in [2.75, 3.05) is 6.54 Å². The SMILES string of the molecule is O=C1CC(CN2C(=O)c3ccccc3C2Cc2c(Cl)cc[nH]c2=O)C1. The highest BCUT2D eigenvalue weighted by atomic mass is 35.5. The number of carbonyl (C=O) groups is 2. The van der Waals surface area contributed by atoms with Crippen LogP contribution in [0.1, 0.15) is 40.4 Å². The van der Waals surface area contributed by atoms with Gasteiger partial charge >= 0.3 is 0 Å². The summed E-state index contributed by atoms with van der Waals surface area (Å²) in [5.41, 5.74) is 1.83. The van der Waals surface area contributed by atoms with E-state index in [1.54, 1.807) is 11.0 Å². The smallest absolute Gasteiger partial charge is 0.254 e. The van der Waals surface area contributed by atoms with E-state index in [1.807, 2.05) is 24.3 Å². The maximum absolute atomic E-state index is 12.8. The molecule has 1 saturated carbocycles. The van der Waals surface area contributed by atoms with E-state index in [0.717, 1.165) is 5.56 Å². The van der Waals surface area contributed by atoms with Crippen molar-refractivity contribution >= 4 is 23.3 Å². The summed E-state index contributed by atoms with van der Waals surface area (Å²) in [6.45, 7) is 0.534. The Balaban J connectivity index is 1.69. The van der Waals surface area contributed by atoms with Gasteiger partial charge in [0.15, 0.2) is 0 Å². The lowest BCUT2D eigenvalue weighted by atomic mass is 9.83. The average Bonchev–Trinajstić information content (AvgIpc) is 2.83. The van der Waals surface area contributed by atoms with Crippen LogP contribution in [0.2, 0.25) is 5.02 Å². The van der Waals surface area contributed by atoms with Crippen LogP contribution in [0, 0.1) is 5.92 Å². The van der Waals surface area contributed by atoms with Crippen molar-refractivity contribution in [3.63, 3.8) is 0 Å². The first kappa shape index (κ1) is 16.1. The van der Waals surface area contributed by atoms with Crippen LogP contribution in [0.5, 0.6) is 0 Å². The van der Waals surface area contributed by atoms with Crippen molar-refractivity contribution in [3.05, 3.63) is 68.6 Å². The monoisotopic (exact) mass is 356 g/mol. The van der Waals surface area contributed by atoms with Crippen LogP contribution in [0.3, 0.4) is 0 Å². The molecule has 2 aliphatic rings. The summed E-state index contributed by atoms with van der Waals surface area (Å²) in [5.74, 6) is 0.412. The van der Waals surface area contributed by atoms with E-state index < -0.39 is 0 Å². The number of aromatic amines is 1. The third-order valence-electron chi connectivity index (χ3n) is 5.08. The van der Waals surface area contributed by atoms with Gasteiger partial charge in [-0.05, 0) is 23.6 Å². The van der Waals surface area contributed by atoms with Gasteiger partial charge in [-0.2, -0.15) is 0 Å². The second-order valence-electron chi connectivity index (χ2n) is 6.71. The number of aromatic nitrogens is 1. The van der Waals surface area contributed by atoms with Crippen molar-refractivity contribution in [2.24, 2.45) is 5.92 Å². The topological polar surface area (TPSA) is 70.2 Å². The van der Waals surface area contributed by atoms with Crippen molar-refractivity contribution < 1.29 is 9.59 Å². The molecule has 2 aromatic rings. The average molecular weight is 357 g/mol. The van der Waals surface area contributed by atoms with Crippen molar-refractivity contribution in [1.82, 2.24) is 9.88 Å². The summed E-state index contributed by atoms with van der Waals surface area (Å²) in [4.78, 5) is 40.7. The van der Waals surface area contributed by atoms with Crippen LogP contribution < -0.4 is 5.56 Å². The van der Waals surface area contributed by atoms with Crippen LogP contribution >= 0.6 is 11.6 Å². The molecular weight excluding hydrogens is 340 g/mol. The molecule has 2 heterocycles. The summed E-state index contributed by atoms with van der Waals surface area (Å²) < 4.78 is 0. The summed E-state index contributed by atoms with van der Waals surface area (Å²) in [7, 11) is 0. The van der Waals surface area contributed by atoms with E-state index in [9.17, 15) is 14.4 Å². The van der Waals surface area contributed by atoms with Crippen molar-refractivity contribution in [1.29, 1.82) is 0 Å². The lowest BCUT2D eigenvalue weighted by Crippen LogP contribution is -2.39. The summed E-state index contributed by atoms with van der Waals surface area (Å²) in [6.07, 6.45) is 2.93. The first-order chi connectivity index (χ1) is 12.0. The number of hydrogen-bond acceptors (Lipinski definition) is 3. The van der Waals surface area contributed by atoms with Gasteiger partial charge in [0.25, 0.3) is 11.5 Å². The second-order valence-corrected chi connectivity index (χ2v) is 7.12. The molecule has 1 fully saturated rings. The molecule has 6 heteroatoms.